The first-order chi connectivity index (χ1) is 33.5. The predicted octanol–water partition coefficient (Wildman–Crippen LogP) is -9.12. The van der Waals surface area contributed by atoms with E-state index >= 15 is 0 Å². The van der Waals surface area contributed by atoms with Crippen molar-refractivity contribution in [2.75, 3.05) is 43.6 Å². The SMILES string of the molecule is CCC[C@@H](C)SCCOCCSC[C@H]1O[C@@H](OC2C(O)[C@H](N=C(N)N)CC(NC(=N)N)[C@H]2O[C@H]2OC(CN=C(N)N)[C@@H](O)C(O)C2N=C(N)N)[C@@H](O)C1OC1OC(CN=C(N)N)C(O)C(O)C1N=C(N)N. The van der Waals surface area contributed by atoms with Crippen LogP contribution in [0.2, 0.25) is 0 Å². The smallest absolute Gasteiger partial charge is 0.187 e. The van der Waals surface area contributed by atoms with E-state index in [1.54, 1.807) is 0 Å². The van der Waals surface area contributed by atoms with Gasteiger partial charge in [0.1, 0.15) is 79.2 Å². The summed E-state index contributed by atoms with van der Waals surface area (Å²) < 4.78 is 43.7. The van der Waals surface area contributed by atoms with E-state index in [0.29, 0.717) is 24.2 Å². The monoisotopic (exact) mass is 1060 g/mol. The minimum absolute atomic E-state index is 0.126. The van der Waals surface area contributed by atoms with E-state index in [1.807, 2.05) is 11.8 Å². The highest BCUT2D eigenvalue weighted by Gasteiger charge is 2.56. The lowest BCUT2D eigenvalue weighted by Gasteiger charge is -2.48. The van der Waals surface area contributed by atoms with Gasteiger partial charge in [-0.3, -0.25) is 15.4 Å². The first-order valence-corrected chi connectivity index (χ1v) is 25.0. The molecule has 20 atom stereocenters. The predicted molar refractivity (Wildman–Crippen MR) is 265 cm³/mol. The van der Waals surface area contributed by atoms with Crippen LogP contribution < -0.4 is 68.4 Å². The Labute approximate surface area is 418 Å². The van der Waals surface area contributed by atoms with Crippen molar-refractivity contribution in [3.05, 3.63) is 0 Å². The van der Waals surface area contributed by atoms with E-state index in [2.05, 4.69) is 44.1 Å². The number of aliphatic hydroxyl groups is 6. The Morgan fingerprint density at radius 2 is 1.11 bits per heavy atom. The molecule has 0 aromatic heterocycles. The summed E-state index contributed by atoms with van der Waals surface area (Å²) in [4.78, 5) is 20.1. The van der Waals surface area contributed by atoms with E-state index in [1.165, 1.54) is 11.8 Å². The quantitative estimate of drug-likeness (QED) is 0.0229. The van der Waals surface area contributed by atoms with E-state index in [-0.39, 0.29) is 37.2 Å². The molecule has 0 bridgehead atoms. The fourth-order valence-electron chi connectivity index (χ4n) is 8.34. The number of ether oxygens (including phenoxy) is 7. The van der Waals surface area contributed by atoms with Gasteiger partial charge in [-0.1, -0.05) is 20.3 Å². The lowest BCUT2D eigenvalue weighted by molar-refractivity contribution is -0.307. The van der Waals surface area contributed by atoms with Crippen LogP contribution in [0.4, 0.5) is 0 Å². The van der Waals surface area contributed by atoms with Crippen LogP contribution in [-0.2, 0) is 33.2 Å². The van der Waals surface area contributed by atoms with Gasteiger partial charge in [-0.15, -0.1) is 0 Å². The van der Waals surface area contributed by atoms with Crippen molar-refractivity contribution in [3.8, 4) is 0 Å². The molecule has 12 unspecified atom stereocenters. The van der Waals surface area contributed by atoms with Gasteiger partial charge in [0.05, 0.1) is 44.5 Å². The second-order valence-corrected chi connectivity index (χ2v) is 19.9. The maximum absolute atomic E-state index is 12.2. The lowest BCUT2D eigenvalue weighted by Crippen LogP contribution is -2.67. The summed E-state index contributed by atoms with van der Waals surface area (Å²) in [5, 5.41) is 80.3. The standard InChI is InChI=1S/C38H76N18O13S2/c1-3-4-13(2)71-8-6-63-5-7-70-12-18-28(68-31-20(56-38(49)50)25(61)23(59)17(65-31)11-52-34(41)42)26(62)32(66-18)69-29-21(57)14(53-35(43)44)9-15(54-36(45)46)27(29)67-30-19(55-37(47)48)24(60)22(58)16(64-30)10-51-33(39)40/h13-32,57-62H,3-12H2,1-2H3,(H4,39,40,51)(H4,41,42,52)(H4,43,44,53)(H4,45,46,54)(H4,47,48,55)(H4,49,50,56)/t13-,14-,15?,16?,17?,18-,19?,20?,21?,22-,23?,24?,25?,26+,27-,28?,29?,30-,31?,32+/m1/s1. The highest BCUT2D eigenvalue weighted by Crippen LogP contribution is 2.38. The first kappa shape index (κ1) is 59.4. The summed E-state index contributed by atoms with van der Waals surface area (Å²) in [6, 6.07) is -5.31. The third-order valence-corrected chi connectivity index (χ3v) is 13.8. The Balaban J connectivity index is 1.72. The largest absolute Gasteiger partial charge is 0.388 e. The van der Waals surface area contributed by atoms with Crippen LogP contribution in [0.1, 0.15) is 33.1 Å². The van der Waals surface area contributed by atoms with E-state index in [0.717, 1.165) is 18.6 Å². The number of guanidine groups is 6. The molecule has 31 nitrogen and oxygen atoms in total. The Bertz CT molecular complexity index is 1810. The second-order valence-electron chi connectivity index (χ2n) is 17.2. The summed E-state index contributed by atoms with van der Waals surface area (Å²) in [6.45, 7) is 4.52. The third-order valence-electron chi connectivity index (χ3n) is 11.6. The minimum atomic E-state index is -1.76. The van der Waals surface area contributed by atoms with Crippen molar-refractivity contribution >= 4 is 59.3 Å². The molecule has 30 N–H and O–H groups in total. The third kappa shape index (κ3) is 17.5. The van der Waals surface area contributed by atoms with Crippen LogP contribution in [-0.4, -0.2) is 231 Å². The molecule has 71 heavy (non-hydrogen) atoms. The van der Waals surface area contributed by atoms with E-state index in [9.17, 15) is 30.6 Å². The van der Waals surface area contributed by atoms with Crippen LogP contribution in [0.5, 0.6) is 0 Å². The summed E-state index contributed by atoms with van der Waals surface area (Å²) in [6.07, 6.45) is -21.3. The molecule has 0 amide bonds. The summed E-state index contributed by atoms with van der Waals surface area (Å²) in [7, 11) is 0. The number of hydrogen-bond acceptors (Lipinski definition) is 21. The Morgan fingerprint density at radius 1 is 0.620 bits per heavy atom. The molecule has 408 valence electrons. The molecule has 3 aliphatic heterocycles. The van der Waals surface area contributed by atoms with E-state index in [4.69, 9.17) is 102 Å². The van der Waals surface area contributed by atoms with Crippen molar-refractivity contribution in [2.24, 2.45) is 88.0 Å². The van der Waals surface area contributed by atoms with Crippen molar-refractivity contribution in [3.63, 3.8) is 0 Å². The molecule has 4 rings (SSSR count). The molecule has 1 aliphatic carbocycles. The Morgan fingerprint density at radius 3 is 1.61 bits per heavy atom. The lowest BCUT2D eigenvalue weighted by atomic mass is 9.83. The molecule has 4 aliphatic rings. The normalized spacial score (nSPS) is 36.4. The molecule has 0 spiro atoms. The Hall–Kier alpha value is -4.20. The van der Waals surface area contributed by atoms with Crippen molar-refractivity contribution in [1.82, 2.24) is 5.32 Å². The van der Waals surface area contributed by atoms with Gasteiger partial charge in [0, 0.05) is 22.5 Å². The average Bonchev–Trinajstić information content (AvgIpc) is 3.56. The molecule has 0 aromatic rings. The molecule has 3 heterocycles. The van der Waals surface area contributed by atoms with Gasteiger partial charge in [0.2, 0.25) is 0 Å². The van der Waals surface area contributed by atoms with Gasteiger partial charge in [-0.25, -0.2) is 15.0 Å². The molecule has 3 saturated heterocycles. The number of nitrogens with two attached hydrogens (primary N) is 11. The number of thioether (sulfide) groups is 2. The maximum Gasteiger partial charge on any atom is 0.187 e. The summed E-state index contributed by atoms with van der Waals surface area (Å²) in [5.74, 6) is -1.30. The van der Waals surface area contributed by atoms with Gasteiger partial charge in [0.15, 0.2) is 54.6 Å². The second kappa shape index (κ2) is 28.3. The number of aliphatic hydroxyl groups excluding tert-OH is 6. The Kier molecular flexibility index (Phi) is 23.7. The molecule has 4 fully saturated rings. The fourth-order valence-corrected chi connectivity index (χ4v) is 10.3. The topological polar surface area (TPSA) is 570 Å². The first-order valence-electron chi connectivity index (χ1n) is 22.8. The molecular formula is C38H76N18O13S2. The van der Waals surface area contributed by atoms with Crippen LogP contribution in [0, 0.1) is 5.41 Å². The van der Waals surface area contributed by atoms with Crippen LogP contribution in [0.15, 0.2) is 25.0 Å². The van der Waals surface area contributed by atoms with E-state index < -0.39 is 140 Å². The molecule has 33 heteroatoms. The zero-order valence-electron chi connectivity index (χ0n) is 39.6. The van der Waals surface area contributed by atoms with Crippen molar-refractivity contribution < 1.29 is 63.8 Å². The number of nitrogens with zero attached hydrogens (tertiary/aromatic N) is 5. The highest BCUT2D eigenvalue weighted by molar-refractivity contribution is 7.99. The molecule has 0 radical (unpaired) electrons. The minimum Gasteiger partial charge on any atom is -0.388 e. The van der Waals surface area contributed by atoms with Crippen LogP contribution in [0.3, 0.4) is 0 Å². The molecular weight excluding hydrogens is 981 g/mol. The van der Waals surface area contributed by atoms with Gasteiger partial charge in [-0.2, -0.15) is 23.5 Å². The highest BCUT2D eigenvalue weighted by atomic mass is 32.2. The zero-order valence-corrected chi connectivity index (χ0v) is 41.2. The number of hydrogen-bond donors (Lipinski definition) is 19. The van der Waals surface area contributed by atoms with Crippen LogP contribution in [0.25, 0.3) is 0 Å². The average molecular weight is 1060 g/mol. The summed E-state index contributed by atoms with van der Waals surface area (Å²) >= 11 is 3.20. The number of nitrogens with one attached hydrogen (secondary N) is 2. The van der Waals surface area contributed by atoms with Crippen molar-refractivity contribution in [2.45, 2.75) is 155 Å². The molecule has 0 aromatic carbocycles. The number of rotatable bonds is 25. The van der Waals surface area contributed by atoms with Gasteiger partial charge in [0.25, 0.3) is 0 Å². The van der Waals surface area contributed by atoms with Gasteiger partial charge >= 0.3 is 0 Å². The van der Waals surface area contributed by atoms with Crippen molar-refractivity contribution in [1.29, 1.82) is 5.41 Å². The number of aliphatic imine (C=N–C) groups is 5. The van der Waals surface area contributed by atoms with Gasteiger partial charge < -0.3 is 132 Å². The maximum atomic E-state index is 12.2. The summed E-state index contributed by atoms with van der Waals surface area (Å²) in [5.41, 5.74) is 62.5. The van der Waals surface area contributed by atoms with Gasteiger partial charge in [-0.05, 0) is 12.8 Å². The fraction of sp³-hybridized carbons (Fsp3) is 0.842. The zero-order chi connectivity index (χ0) is 52.7. The molecule has 1 saturated carbocycles. The van der Waals surface area contributed by atoms with Crippen LogP contribution >= 0.6 is 23.5 Å².